The zero-order valence-corrected chi connectivity index (χ0v) is 12.0. The number of nitrogens with zero attached hydrogens (tertiary/aromatic N) is 3. The number of ether oxygens (including phenoxy) is 2. The van der Waals surface area contributed by atoms with Gasteiger partial charge in [-0.05, 0) is 25.1 Å². The number of aryl methyl sites for hydroxylation is 1. The monoisotopic (exact) mass is 290 g/mol. The molecule has 2 aromatic rings. The van der Waals surface area contributed by atoms with E-state index >= 15 is 0 Å². The Balaban J connectivity index is 2.17. The summed E-state index contributed by atoms with van der Waals surface area (Å²) < 4.78 is 13.0. The summed E-state index contributed by atoms with van der Waals surface area (Å²) in [7, 11) is 1.85. The van der Waals surface area contributed by atoms with Gasteiger partial charge < -0.3 is 20.4 Å². The zero-order chi connectivity index (χ0) is 15.2. The maximum absolute atomic E-state index is 8.71. The molecule has 1 aromatic carbocycles. The van der Waals surface area contributed by atoms with Crippen LogP contribution in [0.4, 0.5) is 0 Å². The maximum Gasteiger partial charge on any atom is 0.170 e. The van der Waals surface area contributed by atoms with Crippen LogP contribution in [0.5, 0.6) is 11.5 Å². The molecule has 0 aliphatic heterocycles. The Bertz CT molecular complexity index is 637. The molecular weight excluding hydrogens is 272 g/mol. The fourth-order valence-corrected chi connectivity index (χ4v) is 1.82. The average molecular weight is 290 g/mol. The second-order valence-electron chi connectivity index (χ2n) is 4.39. The van der Waals surface area contributed by atoms with E-state index in [0.29, 0.717) is 30.3 Å². The van der Waals surface area contributed by atoms with Crippen molar-refractivity contribution in [3.8, 4) is 11.5 Å². The molecule has 1 heterocycles. The number of benzene rings is 1. The van der Waals surface area contributed by atoms with Gasteiger partial charge in [0.2, 0.25) is 0 Å². The van der Waals surface area contributed by atoms with Crippen molar-refractivity contribution in [3.05, 3.63) is 41.7 Å². The summed E-state index contributed by atoms with van der Waals surface area (Å²) in [6.45, 7) is 2.75. The molecule has 0 amide bonds. The normalized spacial score (nSPS) is 11.4. The molecule has 0 radical (unpaired) electrons. The highest BCUT2D eigenvalue weighted by atomic mass is 16.5. The summed E-state index contributed by atoms with van der Waals surface area (Å²) in [5, 5.41) is 15.8. The fraction of sp³-hybridized carbons (Fsp3) is 0.286. The summed E-state index contributed by atoms with van der Waals surface area (Å²) in [6, 6.07) is 5.11. The van der Waals surface area contributed by atoms with Crippen LogP contribution in [0.3, 0.4) is 0 Å². The molecule has 0 fully saturated rings. The van der Waals surface area contributed by atoms with Gasteiger partial charge in [0.1, 0.15) is 6.61 Å². The molecule has 7 nitrogen and oxygen atoms in total. The van der Waals surface area contributed by atoms with Gasteiger partial charge in [-0.15, -0.1) is 0 Å². The number of oxime groups is 1. The largest absolute Gasteiger partial charge is 0.490 e. The van der Waals surface area contributed by atoms with E-state index in [4.69, 9.17) is 20.4 Å². The topological polar surface area (TPSA) is 94.9 Å². The van der Waals surface area contributed by atoms with Gasteiger partial charge >= 0.3 is 0 Å². The summed E-state index contributed by atoms with van der Waals surface area (Å²) in [6.07, 6.45) is 3.62. The van der Waals surface area contributed by atoms with Crippen LogP contribution in [0.2, 0.25) is 0 Å². The standard InChI is InChI=1S/C14H18N4O3/c1-3-20-13-6-11(14(15)17-19)4-5-12(13)21-9-10-7-16-18(2)8-10/h4-8,19H,3,9H2,1-2H3,(H2,15,17). The van der Waals surface area contributed by atoms with Gasteiger partial charge in [0, 0.05) is 24.4 Å². The Labute approximate surface area is 122 Å². The van der Waals surface area contributed by atoms with E-state index in [9.17, 15) is 0 Å². The van der Waals surface area contributed by atoms with Crippen LogP contribution in [0.1, 0.15) is 18.1 Å². The summed E-state index contributed by atoms with van der Waals surface area (Å²) >= 11 is 0. The number of rotatable bonds is 6. The fourth-order valence-electron chi connectivity index (χ4n) is 1.82. The Morgan fingerprint density at radius 1 is 1.38 bits per heavy atom. The predicted octanol–water partition coefficient (Wildman–Crippen LogP) is 1.49. The van der Waals surface area contributed by atoms with Crippen molar-refractivity contribution >= 4 is 5.84 Å². The molecule has 0 spiro atoms. The molecular formula is C14H18N4O3. The van der Waals surface area contributed by atoms with Gasteiger partial charge in [-0.1, -0.05) is 5.16 Å². The molecule has 0 aliphatic carbocycles. The van der Waals surface area contributed by atoms with Gasteiger partial charge in [0.05, 0.1) is 12.8 Å². The predicted molar refractivity (Wildman–Crippen MR) is 77.7 cm³/mol. The van der Waals surface area contributed by atoms with Crippen molar-refractivity contribution in [2.75, 3.05) is 6.61 Å². The van der Waals surface area contributed by atoms with E-state index in [-0.39, 0.29) is 5.84 Å². The summed E-state index contributed by atoms with van der Waals surface area (Å²) in [4.78, 5) is 0. The minimum absolute atomic E-state index is 0.0229. The molecule has 0 aliphatic rings. The molecule has 21 heavy (non-hydrogen) atoms. The average Bonchev–Trinajstić information content (AvgIpc) is 2.91. The molecule has 3 N–H and O–H groups in total. The maximum atomic E-state index is 8.71. The smallest absolute Gasteiger partial charge is 0.170 e. The van der Waals surface area contributed by atoms with Crippen molar-refractivity contribution in [2.45, 2.75) is 13.5 Å². The first-order valence-electron chi connectivity index (χ1n) is 6.49. The molecule has 0 saturated heterocycles. The Morgan fingerprint density at radius 3 is 2.81 bits per heavy atom. The number of nitrogens with two attached hydrogens (primary N) is 1. The first-order valence-corrected chi connectivity index (χ1v) is 6.49. The van der Waals surface area contributed by atoms with Crippen LogP contribution in [0.15, 0.2) is 35.7 Å². The van der Waals surface area contributed by atoms with Crippen LogP contribution in [-0.4, -0.2) is 27.4 Å². The highest BCUT2D eigenvalue weighted by molar-refractivity contribution is 5.97. The molecule has 0 unspecified atom stereocenters. The lowest BCUT2D eigenvalue weighted by Gasteiger charge is -2.12. The molecule has 112 valence electrons. The zero-order valence-electron chi connectivity index (χ0n) is 12.0. The Morgan fingerprint density at radius 2 is 2.19 bits per heavy atom. The highest BCUT2D eigenvalue weighted by Gasteiger charge is 2.09. The Hall–Kier alpha value is -2.70. The minimum atomic E-state index is 0.0229. The van der Waals surface area contributed by atoms with Crippen molar-refractivity contribution in [1.82, 2.24) is 9.78 Å². The second kappa shape index (κ2) is 6.65. The third kappa shape index (κ3) is 3.65. The highest BCUT2D eigenvalue weighted by Crippen LogP contribution is 2.29. The number of aromatic nitrogens is 2. The minimum Gasteiger partial charge on any atom is -0.490 e. The number of hydrogen-bond acceptors (Lipinski definition) is 5. The van der Waals surface area contributed by atoms with Gasteiger partial charge in [0.25, 0.3) is 0 Å². The summed E-state index contributed by atoms with van der Waals surface area (Å²) in [5.74, 6) is 1.16. The quantitative estimate of drug-likeness (QED) is 0.364. The summed E-state index contributed by atoms with van der Waals surface area (Å²) in [5.41, 5.74) is 7.09. The number of hydrogen-bond donors (Lipinski definition) is 2. The SMILES string of the molecule is CCOc1cc(C(N)=NO)ccc1OCc1cnn(C)c1. The molecule has 1 aromatic heterocycles. The van der Waals surface area contributed by atoms with E-state index in [0.717, 1.165) is 5.56 Å². The van der Waals surface area contributed by atoms with Crippen LogP contribution in [0.25, 0.3) is 0 Å². The van der Waals surface area contributed by atoms with E-state index in [2.05, 4.69) is 10.3 Å². The van der Waals surface area contributed by atoms with E-state index in [1.54, 1.807) is 29.1 Å². The third-order valence-electron chi connectivity index (χ3n) is 2.80. The second-order valence-corrected chi connectivity index (χ2v) is 4.39. The van der Waals surface area contributed by atoms with E-state index < -0.39 is 0 Å². The van der Waals surface area contributed by atoms with Crippen LogP contribution < -0.4 is 15.2 Å². The van der Waals surface area contributed by atoms with Crippen molar-refractivity contribution in [1.29, 1.82) is 0 Å². The molecule has 0 atom stereocenters. The first kappa shape index (κ1) is 14.7. The molecule has 7 heteroatoms. The Kier molecular flexibility index (Phi) is 4.65. The lowest BCUT2D eigenvalue weighted by molar-refractivity contribution is 0.269. The van der Waals surface area contributed by atoms with Crippen molar-refractivity contribution in [2.24, 2.45) is 17.9 Å². The molecule has 0 bridgehead atoms. The lowest BCUT2D eigenvalue weighted by atomic mass is 10.2. The van der Waals surface area contributed by atoms with E-state index in [1.165, 1.54) is 0 Å². The molecule has 0 saturated carbocycles. The number of amidine groups is 1. The van der Waals surface area contributed by atoms with Gasteiger partial charge in [0.15, 0.2) is 17.3 Å². The van der Waals surface area contributed by atoms with Crippen molar-refractivity contribution in [3.63, 3.8) is 0 Å². The first-order chi connectivity index (χ1) is 10.1. The van der Waals surface area contributed by atoms with Crippen LogP contribution in [0, 0.1) is 0 Å². The van der Waals surface area contributed by atoms with Crippen LogP contribution >= 0.6 is 0 Å². The van der Waals surface area contributed by atoms with E-state index in [1.807, 2.05) is 20.2 Å². The van der Waals surface area contributed by atoms with Gasteiger partial charge in [-0.25, -0.2) is 0 Å². The molecule has 2 rings (SSSR count). The van der Waals surface area contributed by atoms with Gasteiger partial charge in [-0.2, -0.15) is 5.10 Å². The van der Waals surface area contributed by atoms with Crippen LogP contribution in [-0.2, 0) is 13.7 Å². The lowest BCUT2D eigenvalue weighted by Crippen LogP contribution is -2.13. The van der Waals surface area contributed by atoms with Gasteiger partial charge in [-0.3, -0.25) is 4.68 Å². The third-order valence-corrected chi connectivity index (χ3v) is 2.80. The van der Waals surface area contributed by atoms with Crippen molar-refractivity contribution < 1.29 is 14.7 Å².